The van der Waals surface area contributed by atoms with Crippen molar-refractivity contribution in [2.24, 2.45) is 0 Å². The third-order valence-corrected chi connectivity index (χ3v) is 5.21. The predicted octanol–water partition coefficient (Wildman–Crippen LogP) is 3.55. The van der Waals surface area contributed by atoms with Gasteiger partial charge in [-0.25, -0.2) is 0 Å². The van der Waals surface area contributed by atoms with E-state index in [1.54, 1.807) is 24.3 Å². The Morgan fingerprint density at radius 2 is 1.79 bits per heavy atom. The first-order chi connectivity index (χ1) is 13.8. The van der Waals surface area contributed by atoms with Gasteiger partial charge in [0.15, 0.2) is 0 Å². The molecule has 0 aromatic heterocycles. The van der Waals surface area contributed by atoms with E-state index in [2.05, 4.69) is 10.6 Å². The van der Waals surface area contributed by atoms with Crippen molar-refractivity contribution < 1.29 is 27.8 Å². The molecule has 1 aliphatic rings. The van der Waals surface area contributed by atoms with Gasteiger partial charge in [0.1, 0.15) is 5.75 Å². The molecule has 29 heavy (non-hydrogen) atoms. The van der Waals surface area contributed by atoms with E-state index in [4.69, 9.17) is 4.74 Å². The summed E-state index contributed by atoms with van der Waals surface area (Å²) in [5.74, 6) is -1.10. The summed E-state index contributed by atoms with van der Waals surface area (Å²) in [6, 6.07) is 11.4. The topological polar surface area (TPSA) is 70.6 Å². The number of anilines is 1. The molecule has 1 atom stereocenters. The molecule has 3 rings (SSSR count). The Bertz CT molecular complexity index is 849. The highest BCUT2D eigenvalue weighted by molar-refractivity contribution is 5.98. The van der Waals surface area contributed by atoms with Crippen molar-refractivity contribution >= 4 is 11.6 Å². The molecule has 2 aromatic rings. The number of carbonyl (C=O) groups is 1. The number of nitrogens with one attached hydrogen (secondary N) is 2. The molecular formula is C21H23F3N2O3. The number of halogens is 3. The second-order valence-corrected chi connectivity index (χ2v) is 7.04. The van der Waals surface area contributed by atoms with Gasteiger partial charge in [-0.15, -0.1) is 0 Å². The number of methoxy groups -OCH3 is 1. The van der Waals surface area contributed by atoms with E-state index in [-0.39, 0.29) is 11.4 Å². The quantitative estimate of drug-likeness (QED) is 0.708. The van der Waals surface area contributed by atoms with Gasteiger partial charge < -0.3 is 20.5 Å². The van der Waals surface area contributed by atoms with Gasteiger partial charge in [-0.1, -0.05) is 24.3 Å². The first-order valence-electron chi connectivity index (χ1n) is 9.31. The predicted molar refractivity (Wildman–Crippen MR) is 103 cm³/mol. The van der Waals surface area contributed by atoms with E-state index >= 15 is 0 Å². The molecule has 1 aliphatic heterocycles. The summed E-state index contributed by atoms with van der Waals surface area (Å²) < 4.78 is 46.1. The summed E-state index contributed by atoms with van der Waals surface area (Å²) in [4.78, 5) is 12.5. The van der Waals surface area contributed by atoms with Gasteiger partial charge in [-0.3, -0.25) is 4.79 Å². The van der Waals surface area contributed by atoms with Crippen molar-refractivity contribution in [3.63, 3.8) is 0 Å². The lowest BCUT2D eigenvalue weighted by atomic mass is 9.90. The van der Waals surface area contributed by atoms with Crippen LogP contribution in [0.25, 0.3) is 0 Å². The fourth-order valence-corrected chi connectivity index (χ4v) is 3.49. The van der Waals surface area contributed by atoms with Crippen molar-refractivity contribution in [3.8, 4) is 5.75 Å². The maximum absolute atomic E-state index is 13.7. The fourth-order valence-electron chi connectivity index (χ4n) is 3.49. The Morgan fingerprint density at radius 1 is 1.14 bits per heavy atom. The summed E-state index contributed by atoms with van der Waals surface area (Å²) >= 11 is 0. The minimum Gasteiger partial charge on any atom is -0.497 e. The molecule has 0 aliphatic carbocycles. The number of benzene rings is 2. The highest BCUT2D eigenvalue weighted by Crippen LogP contribution is 2.41. The zero-order valence-electron chi connectivity index (χ0n) is 15.9. The van der Waals surface area contributed by atoms with Gasteiger partial charge >= 0.3 is 6.18 Å². The second-order valence-electron chi connectivity index (χ2n) is 7.04. The molecule has 0 spiro atoms. The Balaban J connectivity index is 1.83. The fraction of sp³-hybridized carbons (Fsp3) is 0.381. The van der Waals surface area contributed by atoms with E-state index in [9.17, 15) is 23.1 Å². The zero-order valence-corrected chi connectivity index (χ0v) is 15.9. The average Bonchev–Trinajstić information content (AvgIpc) is 2.73. The number of alkyl halides is 3. The highest BCUT2D eigenvalue weighted by atomic mass is 19.4. The highest BCUT2D eigenvalue weighted by Gasteiger charge is 2.61. The molecule has 0 saturated carbocycles. The number of ether oxygens (including phenoxy) is 1. The lowest BCUT2D eigenvalue weighted by molar-refractivity contribution is -0.254. The van der Waals surface area contributed by atoms with Crippen LogP contribution in [0.2, 0.25) is 0 Å². The molecule has 8 heteroatoms. The van der Waals surface area contributed by atoms with Crippen LogP contribution >= 0.6 is 0 Å². The van der Waals surface area contributed by atoms with Crippen LogP contribution in [-0.2, 0) is 10.4 Å². The van der Waals surface area contributed by atoms with Gasteiger partial charge in [0.2, 0.25) is 0 Å². The molecule has 1 saturated heterocycles. The average molecular weight is 408 g/mol. The van der Waals surface area contributed by atoms with Gasteiger partial charge in [0.25, 0.3) is 11.5 Å². The number of carbonyl (C=O) groups excluding carboxylic acids is 1. The Morgan fingerprint density at radius 3 is 2.38 bits per heavy atom. The van der Waals surface area contributed by atoms with Crippen LogP contribution in [0.5, 0.6) is 5.75 Å². The molecule has 1 heterocycles. The van der Waals surface area contributed by atoms with Crippen molar-refractivity contribution in [1.29, 1.82) is 0 Å². The van der Waals surface area contributed by atoms with E-state index in [0.29, 0.717) is 5.92 Å². The largest absolute Gasteiger partial charge is 0.497 e. The Hall–Kier alpha value is -2.58. The minimum atomic E-state index is -5.22. The third kappa shape index (κ3) is 4.38. The summed E-state index contributed by atoms with van der Waals surface area (Å²) in [7, 11) is 1.29. The first kappa shape index (κ1) is 21.1. The van der Waals surface area contributed by atoms with Gasteiger partial charge in [0.05, 0.1) is 7.11 Å². The van der Waals surface area contributed by atoms with Crippen molar-refractivity contribution in [3.05, 3.63) is 59.7 Å². The lowest BCUT2D eigenvalue weighted by Gasteiger charge is -2.30. The van der Waals surface area contributed by atoms with Crippen LogP contribution in [0.15, 0.2) is 48.5 Å². The monoisotopic (exact) mass is 408 g/mol. The molecule has 1 unspecified atom stereocenters. The molecule has 2 aromatic carbocycles. The van der Waals surface area contributed by atoms with Crippen LogP contribution in [-0.4, -0.2) is 37.4 Å². The van der Waals surface area contributed by atoms with Crippen LogP contribution in [0, 0.1) is 0 Å². The van der Waals surface area contributed by atoms with E-state index in [1.165, 1.54) is 19.2 Å². The van der Waals surface area contributed by atoms with Crippen LogP contribution in [0.4, 0.5) is 18.9 Å². The second kappa shape index (κ2) is 8.42. The molecule has 5 nitrogen and oxygen atoms in total. The number of piperidine rings is 1. The van der Waals surface area contributed by atoms with Crippen molar-refractivity contribution in [2.45, 2.75) is 30.5 Å². The summed E-state index contributed by atoms with van der Waals surface area (Å²) in [5.41, 5.74) is -3.08. The summed E-state index contributed by atoms with van der Waals surface area (Å²) in [5, 5.41) is 15.9. The number of aliphatic hydroxyl groups is 1. The lowest BCUT2D eigenvalue weighted by Crippen LogP contribution is -2.52. The molecule has 1 amide bonds. The van der Waals surface area contributed by atoms with Crippen LogP contribution < -0.4 is 15.4 Å². The molecule has 3 N–H and O–H groups in total. The maximum atomic E-state index is 13.7. The van der Waals surface area contributed by atoms with Crippen LogP contribution in [0.3, 0.4) is 0 Å². The SMILES string of the molecule is COc1cccc(C(O)(C(=O)Nc2ccc(C3CCNCC3)cc2)C(F)(F)F)c1. The smallest absolute Gasteiger partial charge is 0.430 e. The standard InChI is InChI=1S/C21H23F3N2O3/c1-29-18-4-2-3-16(13-18)20(28,21(22,23)24)19(27)26-17-7-5-14(6-8-17)15-9-11-25-12-10-15/h2-8,13,15,25,28H,9-12H2,1H3,(H,26,27). The number of amides is 1. The van der Waals surface area contributed by atoms with E-state index in [0.717, 1.165) is 43.6 Å². The van der Waals surface area contributed by atoms with E-state index in [1.807, 2.05) is 0 Å². The number of hydrogen-bond acceptors (Lipinski definition) is 4. The van der Waals surface area contributed by atoms with Crippen LogP contribution in [0.1, 0.15) is 29.9 Å². The Labute approximate surface area is 166 Å². The first-order valence-corrected chi connectivity index (χ1v) is 9.31. The molecular weight excluding hydrogens is 385 g/mol. The molecule has 0 bridgehead atoms. The minimum absolute atomic E-state index is 0.101. The molecule has 156 valence electrons. The third-order valence-electron chi connectivity index (χ3n) is 5.21. The number of rotatable bonds is 5. The maximum Gasteiger partial charge on any atom is 0.430 e. The zero-order chi connectivity index (χ0) is 21.1. The van der Waals surface area contributed by atoms with E-state index < -0.39 is 23.2 Å². The van der Waals surface area contributed by atoms with Crippen molar-refractivity contribution in [2.75, 3.05) is 25.5 Å². The summed E-state index contributed by atoms with van der Waals surface area (Å²) in [6.45, 7) is 1.84. The summed E-state index contributed by atoms with van der Waals surface area (Å²) in [6.07, 6.45) is -3.26. The molecule has 1 fully saturated rings. The van der Waals surface area contributed by atoms with Gasteiger partial charge in [-0.2, -0.15) is 13.2 Å². The molecule has 0 radical (unpaired) electrons. The van der Waals surface area contributed by atoms with Crippen molar-refractivity contribution in [1.82, 2.24) is 5.32 Å². The number of hydrogen-bond donors (Lipinski definition) is 3. The normalized spacial score (nSPS) is 17.4. The Kier molecular flexibility index (Phi) is 6.14. The van der Waals surface area contributed by atoms with Gasteiger partial charge in [-0.05, 0) is 61.7 Å². The van der Waals surface area contributed by atoms with Gasteiger partial charge in [0, 0.05) is 11.3 Å².